The van der Waals surface area contributed by atoms with E-state index in [1.165, 1.54) is 17.7 Å². The molecule has 3 saturated heterocycles. The molecule has 4 fully saturated rings. The number of aryl methyl sites for hydroxylation is 1. The highest BCUT2D eigenvalue weighted by molar-refractivity contribution is 5.87. The molecule has 2 aromatic carbocycles. The number of pyridine rings is 1. The Hall–Kier alpha value is -3.73. The van der Waals surface area contributed by atoms with Crippen LogP contribution in [0.2, 0.25) is 0 Å². The molecule has 2 bridgehead atoms. The predicted octanol–water partition coefficient (Wildman–Crippen LogP) is 5.01. The maximum atomic E-state index is 13.9. The Bertz CT molecular complexity index is 1660. The third-order valence-electron chi connectivity index (χ3n) is 11.3. The Balaban J connectivity index is 0.878. The van der Waals surface area contributed by atoms with Gasteiger partial charge in [0.2, 0.25) is 11.5 Å². The second-order valence-corrected chi connectivity index (χ2v) is 14.7. The van der Waals surface area contributed by atoms with Crippen LogP contribution < -0.4 is 16.2 Å². The van der Waals surface area contributed by atoms with E-state index in [-0.39, 0.29) is 29.3 Å². The zero-order valence-electron chi connectivity index (χ0n) is 29.3. The Morgan fingerprint density at radius 3 is 2.56 bits per heavy atom. The van der Waals surface area contributed by atoms with E-state index in [2.05, 4.69) is 44.8 Å². The molecule has 1 amide bonds. The molecular weight excluding hydrogens is 632 g/mol. The number of nitrogens with one attached hydrogen (secondary N) is 3. The molecule has 0 unspecified atom stereocenters. The number of phenols is 1. The van der Waals surface area contributed by atoms with Gasteiger partial charge in [-0.25, -0.2) is 0 Å². The summed E-state index contributed by atoms with van der Waals surface area (Å²) < 4.78 is 6.33. The molecule has 1 saturated carbocycles. The maximum absolute atomic E-state index is 13.9. The van der Waals surface area contributed by atoms with Gasteiger partial charge >= 0.3 is 5.97 Å². The van der Waals surface area contributed by atoms with Gasteiger partial charge in [0.15, 0.2) is 0 Å². The van der Waals surface area contributed by atoms with Crippen LogP contribution in [-0.4, -0.2) is 77.3 Å². The first-order valence-corrected chi connectivity index (χ1v) is 18.9. The van der Waals surface area contributed by atoms with E-state index in [4.69, 9.17) is 4.74 Å². The minimum absolute atomic E-state index is 0.0238. The predicted molar refractivity (Wildman–Crippen MR) is 194 cm³/mol. The van der Waals surface area contributed by atoms with E-state index in [1.54, 1.807) is 12.1 Å². The van der Waals surface area contributed by atoms with E-state index in [9.17, 15) is 24.6 Å². The average molecular weight is 687 g/mol. The molecule has 7 rings (SSSR count). The van der Waals surface area contributed by atoms with Gasteiger partial charge in [-0.1, -0.05) is 56.0 Å². The van der Waals surface area contributed by atoms with Gasteiger partial charge in [0.1, 0.15) is 11.9 Å². The van der Waals surface area contributed by atoms with Crippen LogP contribution in [0.15, 0.2) is 53.3 Å². The van der Waals surface area contributed by atoms with Gasteiger partial charge in [-0.3, -0.25) is 19.3 Å². The lowest BCUT2D eigenvalue weighted by Gasteiger charge is -2.45. The first kappa shape index (κ1) is 36.1. The number of carbonyl (C=O) groups excluding carboxylic acids is 2. The molecule has 3 aromatic rings. The van der Waals surface area contributed by atoms with Crippen molar-refractivity contribution in [1.82, 2.24) is 20.5 Å². The number of aromatic hydroxyl groups is 1. The fourth-order valence-corrected chi connectivity index (χ4v) is 8.30. The number of aliphatic hydroxyl groups excluding tert-OH is 1. The summed E-state index contributed by atoms with van der Waals surface area (Å²) in [7, 11) is 0. The smallest absolute Gasteiger partial charge is 0.316 e. The van der Waals surface area contributed by atoms with Crippen LogP contribution >= 0.6 is 0 Å². The molecular formula is C40H54N4O6. The van der Waals surface area contributed by atoms with E-state index < -0.39 is 11.5 Å². The number of benzene rings is 2. The summed E-state index contributed by atoms with van der Waals surface area (Å²) >= 11 is 0. The number of unbranched alkanes of at least 4 members (excludes halogenated alkanes) is 2. The summed E-state index contributed by atoms with van der Waals surface area (Å²) in [6.07, 6.45) is 11.2. The van der Waals surface area contributed by atoms with Crippen molar-refractivity contribution in [2.45, 2.75) is 101 Å². The number of phenolic OH excluding ortho intramolecular Hbond substituents is 1. The molecule has 2 atom stereocenters. The highest BCUT2D eigenvalue weighted by atomic mass is 16.5. The van der Waals surface area contributed by atoms with Crippen molar-refractivity contribution >= 4 is 22.8 Å². The van der Waals surface area contributed by atoms with Gasteiger partial charge in [-0.15, -0.1) is 0 Å². The standard InChI is InChI=1S/C40H54N4O6/c45-33-15-13-31(32-14-16-37(48)43-38(32)33)34(46)26-41-21-5-2-6-22-42-36(47)12-8-10-28-9-7-11-30(25-28)40(19-3-1-4-20-40)39(49)50-35-27-44-23-17-29(35)18-24-44/h7,9,11,13-16,25,29,34-35,41,45-46H,1-6,8,10,12,17-24,26-27H2,(H,42,47)(H,43,48)/t34-,35-/m0/s1. The number of fused-ring (bicyclic) bond motifs is 4. The van der Waals surface area contributed by atoms with Crippen LogP contribution in [0.3, 0.4) is 0 Å². The van der Waals surface area contributed by atoms with Crippen molar-refractivity contribution in [2.24, 2.45) is 5.92 Å². The number of esters is 1. The average Bonchev–Trinajstić information content (AvgIpc) is 3.14. The van der Waals surface area contributed by atoms with Crippen LogP contribution in [0.25, 0.3) is 10.9 Å². The third kappa shape index (κ3) is 8.76. The SMILES string of the molecule is O=C(CCCc1cccc(C2(C(=O)O[C@H]3CN4CCC3CC4)CCCCC2)c1)NCCCCCNC[C@H](O)c1ccc(O)c2[nH]c(=O)ccc12. The molecule has 10 heteroatoms. The van der Waals surface area contributed by atoms with E-state index >= 15 is 0 Å². The fraction of sp³-hybridized carbons (Fsp3) is 0.575. The normalized spacial score (nSPS) is 21.9. The molecule has 4 heterocycles. The largest absolute Gasteiger partial charge is 0.506 e. The Labute approximate surface area is 295 Å². The van der Waals surface area contributed by atoms with E-state index in [1.807, 2.05) is 0 Å². The third-order valence-corrected chi connectivity index (χ3v) is 11.3. The minimum atomic E-state index is -0.782. The quantitative estimate of drug-likeness (QED) is 0.105. The van der Waals surface area contributed by atoms with Crippen molar-refractivity contribution < 1.29 is 24.5 Å². The lowest BCUT2D eigenvalue weighted by atomic mass is 9.69. The molecule has 270 valence electrons. The number of amides is 1. The summed E-state index contributed by atoms with van der Waals surface area (Å²) in [6.45, 7) is 4.86. The van der Waals surface area contributed by atoms with E-state index in [0.29, 0.717) is 41.9 Å². The lowest BCUT2D eigenvalue weighted by molar-refractivity contribution is -0.167. The van der Waals surface area contributed by atoms with Crippen LogP contribution in [0.4, 0.5) is 0 Å². The summed E-state index contributed by atoms with van der Waals surface area (Å²) in [6, 6.07) is 14.6. The number of rotatable bonds is 16. The summed E-state index contributed by atoms with van der Waals surface area (Å²) in [5.74, 6) is 0.513. The van der Waals surface area contributed by atoms with Crippen LogP contribution in [0.5, 0.6) is 5.75 Å². The lowest BCUT2D eigenvalue weighted by Crippen LogP contribution is -2.53. The topological polar surface area (TPSA) is 144 Å². The highest BCUT2D eigenvalue weighted by Gasteiger charge is 2.45. The van der Waals surface area contributed by atoms with Crippen LogP contribution in [-0.2, 0) is 26.2 Å². The zero-order chi connectivity index (χ0) is 34.9. The number of aromatic amines is 1. The Morgan fingerprint density at radius 1 is 0.980 bits per heavy atom. The molecule has 3 aliphatic heterocycles. The summed E-state index contributed by atoms with van der Waals surface area (Å²) in [4.78, 5) is 43.1. The number of nitrogens with zero attached hydrogens (tertiary/aromatic N) is 1. The Kier molecular flexibility index (Phi) is 12.3. The van der Waals surface area contributed by atoms with Gasteiger partial charge in [0, 0.05) is 37.5 Å². The number of carbonyl (C=O) groups is 2. The van der Waals surface area contributed by atoms with Crippen LogP contribution in [0, 0.1) is 5.92 Å². The van der Waals surface area contributed by atoms with Crippen molar-refractivity contribution in [2.75, 3.05) is 39.3 Å². The maximum Gasteiger partial charge on any atom is 0.316 e. The van der Waals surface area contributed by atoms with Crippen molar-refractivity contribution in [3.05, 3.63) is 75.6 Å². The molecule has 5 N–H and O–H groups in total. The van der Waals surface area contributed by atoms with Gasteiger partial charge in [0.05, 0.1) is 17.0 Å². The number of aliphatic hydroxyl groups is 1. The molecule has 4 aliphatic rings. The summed E-state index contributed by atoms with van der Waals surface area (Å²) in [5, 5.41) is 27.7. The van der Waals surface area contributed by atoms with Crippen molar-refractivity contribution in [3.8, 4) is 5.75 Å². The molecule has 1 aliphatic carbocycles. The van der Waals surface area contributed by atoms with Gasteiger partial charge in [0.25, 0.3) is 0 Å². The Morgan fingerprint density at radius 2 is 1.78 bits per heavy atom. The minimum Gasteiger partial charge on any atom is -0.506 e. The molecule has 50 heavy (non-hydrogen) atoms. The molecule has 0 spiro atoms. The van der Waals surface area contributed by atoms with E-state index in [0.717, 1.165) is 109 Å². The second kappa shape index (κ2) is 17.0. The first-order chi connectivity index (χ1) is 24.3. The first-order valence-electron chi connectivity index (χ1n) is 18.9. The fourth-order valence-electron chi connectivity index (χ4n) is 8.30. The number of piperidine rings is 3. The van der Waals surface area contributed by atoms with Gasteiger partial charge < -0.3 is 30.6 Å². The zero-order valence-corrected chi connectivity index (χ0v) is 29.3. The number of ether oxygens (including phenoxy) is 1. The second-order valence-electron chi connectivity index (χ2n) is 14.7. The number of aromatic nitrogens is 1. The molecule has 1 aromatic heterocycles. The number of hydrogen-bond donors (Lipinski definition) is 5. The molecule has 10 nitrogen and oxygen atoms in total. The van der Waals surface area contributed by atoms with Crippen molar-refractivity contribution in [1.29, 1.82) is 0 Å². The number of hydrogen-bond acceptors (Lipinski definition) is 8. The van der Waals surface area contributed by atoms with Gasteiger partial charge in [-0.05, 0) is 106 Å². The summed E-state index contributed by atoms with van der Waals surface area (Å²) in [5.41, 5.74) is 2.36. The highest BCUT2D eigenvalue weighted by Crippen LogP contribution is 2.42. The van der Waals surface area contributed by atoms with Gasteiger partial charge in [-0.2, -0.15) is 0 Å². The monoisotopic (exact) mass is 686 g/mol. The van der Waals surface area contributed by atoms with Crippen LogP contribution in [0.1, 0.15) is 99.8 Å². The number of H-pyrrole nitrogens is 1. The van der Waals surface area contributed by atoms with Crippen molar-refractivity contribution in [3.63, 3.8) is 0 Å². The molecule has 0 radical (unpaired) electrons.